The molecule has 2 heterocycles. The van der Waals surface area contributed by atoms with Gasteiger partial charge in [0.05, 0.1) is 0 Å². The molecule has 2 aromatic heterocycles. The molecule has 0 saturated heterocycles. The second kappa shape index (κ2) is 19.8. The zero-order valence-electron chi connectivity index (χ0n) is 53.0. The maximum absolute atomic E-state index is 7.06. The fraction of sp³-hybridized carbons (Fsp3) is 0. The van der Waals surface area contributed by atoms with Gasteiger partial charge in [0, 0.05) is 21.5 Å². The molecule has 0 saturated carbocycles. The van der Waals surface area contributed by atoms with Crippen LogP contribution in [-0.2, 0) is 0 Å². The fourth-order valence-electron chi connectivity index (χ4n) is 16.2. The lowest BCUT2D eigenvalue weighted by molar-refractivity contribution is 0.674. The third-order valence-electron chi connectivity index (χ3n) is 21.7. The van der Waals surface area contributed by atoms with E-state index in [1.165, 1.54) is 218 Å². The molecule has 0 atom stereocenters. The van der Waals surface area contributed by atoms with E-state index >= 15 is 0 Å². The second-order valence-corrected chi connectivity index (χ2v) is 25.7. The van der Waals surface area contributed by atoms with Crippen molar-refractivity contribution in [3.63, 3.8) is 0 Å². The number of fused-ring (bicyclic) bond motifs is 12. The first-order chi connectivity index (χ1) is 42.5. The lowest BCUT2D eigenvalue weighted by Gasteiger charge is -2.22. The zero-order valence-corrected chi connectivity index (χ0v) is 53.0. The van der Waals surface area contributed by atoms with E-state index in [2.05, 4.69) is 280 Å². The molecule has 0 aliphatic rings. The average molecular weight is 1100 g/mol. The predicted molar refractivity (Wildman–Crippen MR) is 428 cm³/mol. The van der Waals surface area contributed by atoms with E-state index in [-0.39, 0.29) is 0 Å². The highest BCUT2D eigenvalue weighted by atomic mass is 16.3. The van der Waals surface area contributed by atoms with E-state index in [4.69, 9.17) is 8.83 Å². The summed E-state index contributed by atoms with van der Waals surface area (Å²) in [4.78, 5) is 0. The minimum absolute atomic E-state index is 0.995. The standard InChI is InChI=1S/C72H56B14O2/c73-55-49(61(79)69-51(57(55)75)53-59(77)63(81)65(83)67(85)71(53)87-69)47-41-15-5-1-11-37(41)45(38-12-2-6-16-42(38)47)32-26-24-29-27-31(25-23-30(29)28-32)33-19-9-21-35-34(33)20-10-22-36(35)46-39-13-3-7-17-43(39)48(44-18-8-4-14-40(44)46)50-56(74)58(76)52-54-60(78)64(82)66(84)68(86)72(54)88-70(52)62(50)80/h1-28H,73-86H2. The average Bonchev–Trinajstić information content (AvgIpc) is 1.31. The van der Waals surface area contributed by atoms with Gasteiger partial charge in [0.25, 0.3) is 0 Å². The van der Waals surface area contributed by atoms with E-state index < -0.39 is 0 Å². The van der Waals surface area contributed by atoms with Gasteiger partial charge < -0.3 is 8.83 Å². The number of hydrogen-bond donors (Lipinski definition) is 0. The van der Waals surface area contributed by atoms with Gasteiger partial charge in [0.1, 0.15) is 132 Å². The van der Waals surface area contributed by atoms with Gasteiger partial charge >= 0.3 is 0 Å². The molecule has 0 radical (unpaired) electrons. The number of rotatable bonds is 5. The summed E-state index contributed by atoms with van der Waals surface area (Å²) in [6.07, 6.45) is 0. The summed E-state index contributed by atoms with van der Waals surface area (Å²) in [7, 11) is 31.7. The zero-order chi connectivity index (χ0) is 60.6. The Morgan fingerprint density at radius 3 is 0.898 bits per heavy atom. The molecule has 0 amide bonds. The Morgan fingerprint density at radius 1 is 0.193 bits per heavy atom. The quantitative estimate of drug-likeness (QED) is 0.132. The minimum atomic E-state index is 0.995. The van der Waals surface area contributed by atoms with Crippen LogP contribution in [-0.4, -0.2) is 110 Å². The fourth-order valence-corrected chi connectivity index (χ4v) is 16.2. The van der Waals surface area contributed by atoms with Crippen LogP contribution in [0.3, 0.4) is 0 Å². The monoisotopic (exact) mass is 1110 g/mol. The smallest absolute Gasteiger partial charge is 0.145 e. The summed E-state index contributed by atoms with van der Waals surface area (Å²) in [5.74, 6) is 0. The first-order valence-electron chi connectivity index (χ1n) is 31.3. The summed E-state index contributed by atoms with van der Waals surface area (Å²) >= 11 is 0. The van der Waals surface area contributed by atoms with Gasteiger partial charge in [-0.1, -0.05) is 212 Å². The van der Waals surface area contributed by atoms with Crippen LogP contribution in [0.1, 0.15) is 0 Å². The van der Waals surface area contributed by atoms with Gasteiger partial charge in [-0.2, -0.15) is 0 Å². The first kappa shape index (κ1) is 54.5. The summed E-state index contributed by atoms with van der Waals surface area (Å²) in [6.45, 7) is 0. The molecule has 2 nitrogen and oxygen atoms in total. The molecule has 0 fully saturated rings. The van der Waals surface area contributed by atoms with Gasteiger partial charge in [-0.15, -0.1) is 10.9 Å². The Labute approximate surface area is 525 Å². The van der Waals surface area contributed by atoms with Gasteiger partial charge in [-0.05, 0) is 143 Å². The van der Waals surface area contributed by atoms with Crippen molar-refractivity contribution in [1.82, 2.24) is 0 Å². The molecule has 16 heteroatoms. The highest BCUT2D eigenvalue weighted by Crippen LogP contribution is 2.48. The van der Waals surface area contributed by atoms with Gasteiger partial charge in [0.15, 0.2) is 0 Å². The van der Waals surface area contributed by atoms with Crippen molar-refractivity contribution in [2.24, 2.45) is 0 Å². The maximum atomic E-state index is 7.06. The van der Waals surface area contributed by atoms with Crippen LogP contribution in [0, 0.1) is 0 Å². The van der Waals surface area contributed by atoms with Crippen LogP contribution in [0.25, 0.3) is 164 Å². The normalized spacial score (nSPS) is 12.0. The third-order valence-corrected chi connectivity index (χ3v) is 21.7. The third kappa shape index (κ3) is 7.44. The maximum Gasteiger partial charge on any atom is 0.145 e. The summed E-state index contributed by atoms with van der Waals surface area (Å²) in [5, 5.41) is 19.8. The van der Waals surface area contributed by atoms with Crippen LogP contribution in [0.15, 0.2) is 179 Å². The Hall–Kier alpha value is -8.85. The predicted octanol–water partition coefficient (Wildman–Crippen LogP) is -3.64. The summed E-state index contributed by atoms with van der Waals surface area (Å²) in [5.41, 5.74) is 34.4. The summed E-state index contributed by atoms with van der Waals surface area (Å²) in [6, 6.07) is 64.2. The van der Waals surface area contributed by atoms with Crippen molar-refractivity contribution in [3.05, 3.63) is 170 Å². The van der Waals surface area contributed by atoms with Crippen molar-refractivity contribution < 1.29 is 8.83 Å². The molecule has 88 heavy (non-hydrogen) atoms. The lowest BCUT2D eigenvalue weighted by atomic mass is 9.64. The van der Waals surface area contributed by atoms with Crippen LogP contribution in [0.5, 0.6) is 0 Å². The number of furan rings is 2. The van der Waals surface area contributed by atoms with Gasteiger partial charge in [-0.3, -0.25) is 0 Å². The minimum Gasteiger partial charge on any atom is -0.457 e. The van der Waals surface area contributed by atoms with Crippen LogP contribution in [0.2, 0.25) is 0 Å². The van der Waals surface area contributed by atoms with Gasteiger partial charge in [0.2, 0.25) is 0 Å². The van der Waals surface area contributed by atoms with E-state index in [0.29, 0.717) is 0 Å². The van der Waals surface area contributed by atoms with Crippen LogP contribution in [0.4, 0.5) is 0 Å². The van der Waals surface area contributed by atoms with Crippen molar-refractivity contribution in [2.45, 2.75) is 0 Å². The number of hydrogen-bond acceptors (Lipinski definition) is 2. The number of benzene rings is 14. The molecule has 0 spiro atoms. The molecule has 0 aliphatic carbocycles. The molecule has 0 N–H and O–H groups in total. The molecule has 16 aromatic rings. The van der Waals surface area contributed by atoms with E-state index in [9.17, 15) is 0 Å². The summed E-state index contributed by atoms with van der Waals surface area (Å²) < 4.78 is 14.1. The Balaban J connectivity index is 0.829. The molecule has 16 rings (SSSR count). The molecule has 14 aromatic carbocycles. The Kier molecular flexibility index (Phi) is 12.3. The molecule has 0 bridgehead atoms. The van der Waals surface area contributed by atoms with Gasteiger partial charge in [-0.25, -0.2) is 0 Å². The second-order valence-electron chi connectivity index (χ2n) is 25.7. The first-order valence-corrected chi connectivity index (χ1v) is 31.3. The van der Waals surface area contributed by atoms with Crippen molar-refractivity contribution in [2.75, 3.05) is 0 Å². The highest BCUT2D eigenvalue weighted by Gasteiger charge is 2.28. The molecular formula is C72H56B14O2. The van der Waals surface area contributed by atoms with Crippen LogP contribution >= 0.6 is 0 Å². The molecule has 0 unspecified atom stereocenters. The van der Waals surface area contributed by atoms with Crippen molar-refractivity contribution >= 4 is 295 Å². The highest BCUT2D eigenvalue weighted by molar-refractivity contribution is 6.71. The topological polar surface area (TPSA) is 26.3 Å². The molecular weight excluding hydrogens is 1050 g/mol. The van der Waals surface area contributed by atoms with E-state index in [0.717, 1.165) is 22.3 Å². The SMILES string of the molecule is Bc1c(B)c(B)c2c(oc3c(B)c(-c4c5ccccc5c(-c5ccc6cc(-c7cccc8c(-c9c%10ccccc%10c(-c%10c(B)c(B)c%11c(oc%12c(B)c(B)c(B)c(B)c%12%11)c%10B)c%10ccccc9%10)cccc78)ccc6c5)c5ccccc45)c(B)c(B)c32)c1B. The van der Waals surface area contributed by atoms with E-state index in [1.807, 2.05) is 0 Å². The Morgan fingerprint density at radius 2 is 0.489 bits per heavy atom. The molecule has 0 aliphatic heterocycles. The lowest BCUT2D eigenvalue weighted by Crippen LogP contribution is -2.47. The van der Waals surface area contributed by atoms with Crippen LogP contribution < -0.4 is 76.5 Å². The molecule has 398 valence electrons. The van der Waals surface area contributed by atoms with E-state index in [1.54, 1.807) is 0 Å². The largest absolute Gasteiger partial charge is 0.457 e. The van der Waals surface area contributed by atoms with Crippen molar-refractivity contribution in [1.29, 1.82) is 0 Å². The van der Waals surface area contributed by atoms with Crippen molar-refractivity contribution in [3.8, 4) is 55.6 Å². The Bertz CT molecular complexity index is 5770.